The first-order chi connectivity index (χ1) is 24.0. The molecule has 0 amide bonds. The van der Waals surface area contributed by atoms with Gasteiger partial charge in [0.15, 0.2) is 0 Å². The van der Waals surface area contributed by atoms with Gasteiger partial charge in [-0.05, 0) is 122 Å². The van der Waals surface area contributed by atoms with E-state index in [9.17, 15) is 9.90 Å². The number of rotatable bonds is 12. The van der Waals surface area contributed by atoms with Crippen LogP contribution in [0.5, 0.6) is 5.75 Å². The van der Waals surface area contributed by atoms with Crippen LogP contribution < -0.4 is 9.64 Å². The normalized spacial score (nSPS) is 13.0. The second-order valence-corrected chi connectivity index (χ2v) is 11.9. The maximum Gasteiger partial charge on any atom is 0.336 e. The fraction of sp³-hybridized carbons (Fsp3) is 0.262. The third-order valence-electron chi connectivity index (χ3n) is 8.33. The van der Waals surface area contributed by atoms with Gasteiger partial charge in [0.2, 0.25) is 0 Å². The van der Waals surface area contributed by atoms with Gasteiger partial charge in [0, 0.05) is 29.9 Å². The molecule has 0 aromatic heterocycles. The molecule has 0 saturated carbocycles. The highest BCUT2D eigenvalue weighted by Gasteiger charge is 2.17. The molecular formula is C42H39N3O4. The number of aliphatic hydroxyl groups is 1. The van der Waals surface area contributed by atoms with Crippen LogP contribution in [0, 0.1) is 29.7 Å². The van der Waals surface area contributed by atoms with E-state index in [-0.39, 0.29) is 18.4 Å². The van der Waals surface area contributed by atoms with E-state index in [0.717, 1.165) is 90.9 Å². The summed E-state index contributed by atoms with van der Waals surface area (Å²) in [7, 11) is 0. The van der Waals surface area contributed by atoms with Crippen LogP contribution in [0.25, 0.3) is 22.0 Å². The molecule has 0 spiro atoms. The van der Waals surface area contributed by atoms with E-state index >= 15 is 0 Å². The fourth-order valence-corrected chi connectivity index (χ4v) is 5.45. The molecule has 4 aromatic rings. The molecule has 246 valence electrons. The minimum Gasteiger partial charge on any atom is -0.494 e. The number of nitrogens with zero attached hydrogens (tertiary/aromatic N) is 3. The Kier molecular flexibility index (Phi) is 12.6. The minimum atomic E-state index is -0.615. The Bertz CT molecular complexity index is 1850. The smallest absolute Gasteiger partial charge is 0.336 e. The standard InChI is InChI=1S/C42H39N3O4/c1-44-41(30-34-10-8-32(9-11-34)6-7-33-14-20-38(21-15-33)45-26-24-39(46)25-27-45)42(47)49-29-5-3-2-4-28-48-40-22-18-37(19-23-40)36-16-12-35(31-43)13-17-36/h8-23,30,39,46H,2-5,24-29H2. The number of aliphatic hydroxyl groups excluding tert-OH is 1. The van der Waals surface area contributed by atoms with Crippen molar-refractivity contribution in [3.8, 4) is 34.8 Å². The molecule has 1 fully saturated rings. The van der Waals surface area contributed by atoms with E-state index < -0.39 is 5.97 Å². The highest BCUT2D eigenvalue weighted by molar-refractivity contribution is 5.95. The average Bonchev–Trinajstić information content (AvgIpc) is 3.15. The van der Waals surface area contributed by atoms with Crippen molar-refractivity contribution in [1.29, 1.82) is 5.26 Å². The van der Waals surface area contributed by atoms with E-state index in [2.05, 4.69) is 39.8 Å². The average molecular weight is 650 g/mol. The molecule has 1 aliphatic heterocycles. The lowest BCUT2D eigenvalue weighted by Crippen LogP contribution is -2.35. The largest absolute Gasteiger partial charge is 0.494 e. The Morgan fingerprint density at radius 2 is 1.35 bits per heavy atom. The van der Waals surface area contributed by atoms with Crippen molar-refractivity contribution in [2.24, 2.45) is 0 Å². The molecule has 7 nitrogen and oxygen atoms in total. The van der Waals surface area contributed by atoms with E-state index in [1.807, 2.05) is 84.9 Å². The van der Waals surface area contributed by atoms with E-state index in [0.29, 0.717) is 12.2 Å². The lowest BCUT2D eigenvalue weighted by atomic mass is 10.0. The molecular weight excluding hydrogens is 610 g/mol. The van der Waals surface area contributed by atoms with Crippen molar-refractivity contribution in [2.75, 3.05) is 31.2 Å². The van der Waals surface area contributed by atoms with Gasteiger partial charge in [-0.15, -0.1) is 0 Å². The van der Waals surface area contributed by atoms with Gasteiger partial charge < -0.3 is 19.5 Å². The predicted octanol–water partition coefficient (Wildman–Crippen LogP) is 8.03. The zero-order valence-corrected chi connectivity index (χ0v) is 27.5. The predicted molar refractivity (Wildman–Crippen MR) is 192 cm³/mol. The van der Waals surface area contributed by atoms with Crippen LogP contribution in [0.4, 0.5) is 5.69 Å². The zero-order chi connectivity index (χ0) is 34.3. The number of benzene rings is 4. The molecule has 0 atom stereocenters. The van der Waals surface area contributed by atoms with E-state index in [4.69, 9.17) is 21.3 Å². The monoisotopic (exact) mass is 649 g/mol. The highest BCUT2D eigenvalue weighted by atomic mass is 16.5. The van der Waals surface area contributed by atoms with E-state index in [1.54, 1.807) is 6.08 Å². The first-order valence-electron chi connectivity index (χ1n) is 16.7. The molecule has 7 heteroatoms. The molecule has 49 heavy (non-hydrogen) atoms. The van der Waals surface area contributed by atoms with Crippen molar-refractivity contribution in [3.05, 3.63) is 136 Å². The maximum absolute atomic E-state index is 12.5. The van der Waals surface area contributed by atoms with Crippen LogP contribution >= 0.6 is 0 Å². The molecule has 1 aliphatic rings. The number of hydrogen-bond donors (Lipinski definition) is 1. The van der Waals surface area contributed by atoms with Crippen molar-refractivity contribution in [2.45, 2.75) is 44.6 Å². The van der Waals surface area contributed by atoms with Gasteiger partial charge in [0.25, 0.3) is 5.70 Å². The number of unbranched alkanes of at least 4 members (excludes halogenated alkanes) is 3. The Labute approximate surface area is 288 Å². The van der Waals surface area contributed by atoms with Crippen molar-refractivity contribution < 1.29 is 19.4 Å². The lowest BCUT2D eigenvalue weighted by Gasteiger charge is -2.31. The Hall–Kier alpha value is -5.81. The highest BCUT2D eigenvalue weighted by Crippen LogP contribution is 2.23. The zero-order valence-electron chi connectivity index (χ0n) is 27.5. The van der Waals surface area contributed by atoms with Crippen molar-refractivity contribution in [1.82, 2.24) is 0 Å². The molecule has 1 N–H and O–H groups in total. The number of carbonyl (C=O) groups excluding carboxylic acids is 1. The number of nitriles is 1. The first kappa shape index (κ1) is 34.5. The summed E-state index contributed by atoms with van der Waals surface area (Å²) < 4.78 is 11.2. The second-order valence-electron chi connectivity index (χ2n) is 11.9. The molecule has 5 rings (SSSR count). The lowest BCUT2D eigenvalue weighted by molar-refractivity contribution is -0.138. The second kappa shape index (κ2) is 17.9. The summed E-state index contributed by atoms with van der Waals surface area (Å²) in [4.78, 5) is 18.2. The number of ether oxygens (including phenoxy) is 2. The van der Waals surface area contributed by atoms with Crippen LogP contribution in [-0.2, 0) is 9.53 Å². The quantitative estimate of drug-likeness (QED) is 0.0550. The van der Waals surface area contributed by atoms with Crippen LogP contribution in [0.2, 0.25) is 0 Å². The molecule has 0 bridgehead atoms. The third kappa shape index (κ3) is 10.6. The molecule has 1 heterocycles. The number of esters is 1. The Morgan fingerprint density at radius 3 is 1.94 bits per heavy atom. The fourth-order valence-electron chi connectivity index (χ4n) is 5.45. The Morgan fingerprint density at radius 1 is 0.796 bits per heavy atom. The van der Waals surface area contributed by atoms with Crippen LogP contribution in [-0.4, -0.2) is 43.5 Å². The van der Waals surface area contributed by atoms with Gasteiger partial charge in [0.1, 0.15) is 5.75 Å². The molecule has 0 radical (unpaired) electrons. The molecule has 0 aliphatic carbocycles. The van der Waals surface area contributed by atoms with Gasteiger partial charge in [-0.1, -0.05) is 48.2 Å². The summed E-state index contributed by atoms with van der Waals surface area (Å²) in [5, 5.41) is 18.7. The van der Waals surface area contributed by atoms with Gasteiger partial charge in [0.05, 0.1) is 37.5 Å². The molecule has 4 aromatic carbocycles. The van der Waals surface area contributed by atoms with Crippen LogP contribution in [0.15, 0.2) is 103 Å². The Balaban J connectivity index is 0.980. The molecule has 1 saturated heterocycles. The van der Waals surface area contributed by atoms with Gasteiger partial charge in [-0.3, -0.25) is 4.79 Å². The van der Waals surface area contributed by atoms with Gasteiger partial charge >= 0.3 is 5.97 Å². The number of carbonyl (C=O) groups is 1. The van der Waals surface area contributed by atoms with Crippen molar-refractivity contribution >= 4 is 17.7 Å². The number of anilines is 1. The summed E-state index contributed by atoms with van der Waals surface area (Å²) in [6, 6.07) is 33.1. The SMILES string of the molecule is [C-]#[N+]C(=Cc1ccc(C#Cc2ccc(N3CCC(O)CC3)cc2)cc1)C(=O)OCCCCCCOc1ccc(-c2ccc(C#N)cc2)cc1. The van der Waals surface area contributed by atoms with Gasteiger partial charge in [-0.2, -0.15) is 5.26 Å². The van der Waals surface area contributed by atoms with E-state index in [1.165, 1.54) is 0 Å². The summed E-state index contributed by atoms with van der Waals surface area (Å²) in [6.07, 6.45) is 6.38. The number of piperidine rings is 1. The maximum atomic E-state index is 12.5. The summed E-state index contributed by atoms with van der Waals surface area (Å²) in [5.74, 6) is 6.55. The molecule has 0 unspecified atom stereocenters. The van der Waals surface area contributed by atoms with Crippen LogP contribution in [0.3, 0.4) is 0 Å². The first-order valence-corrected chi connectivity index (χ1v) is 16.7. The van der Waals surface area contributed by atoms with Crippen molar-refractivity contribution in [3.63, 3.8) is 0 Å². The van der Waals surface area contributed by atoms with Crippen LogP contribution in [0.1, 0.15) is 60.8 Å². The minimum absolute atomic E-state index is 0.0549. The summed E-state index contributed by atoms with van der Waals surface area (Å²) >= 11 is 0. The topological polar surface area (TPSA) is 87.2 Å². The summed E-state index contributed by atoms with van der Waals surface area (Å²) in [5.41, 5.74) is 6.33. The van der Waals surface area contributed by atoms with Gasteiger partial charge in [-0.25, -0.2) is 4.85 Å². The number of hydrogen-bond acceptors (Lipinski definition) is 6. The third-order valence-corrected chi connectivity index (χ3v) is 8.33. The summed E-state index contributed by atoms with van der Waals surface area (Å²) in [6.45, 7) is 10.0.